The molecule has 20 heavy (non-hydrogen) atoms. The molecule has 1 aromatic rings. The van der Waals surface area contributed by atoms with Gasteiger partial charge >= 0.3 is 5.69 Å². The molecule has 0 aromatic heterocycles. The van der Waals surface area contributed by atoms with Crippen LogP contribution in [0.5, 0.6) is 5.75 Å². The van der Waals surface area contributed by atoms with Crippen LogP contribution in [0.15, 0.2) is 23.1 Å². The van der Waals surface area contributed by atoms with Gasteiger partial charge < -0.3 is 10.2 Å². The van der Waals surface area contributed by atoms with Crippen LogP contribution >= 0.6 is 0 Å². The van der Waals surface area contributed by atoms with E-state index in [0.717, 1.165) is 18.2 Å². The Morgan fingerprint density at radius 2 is 1.95 bits per heavy atom. The number of phenolic OH excluding ortho intramolecular Hbond substituents is 1. The highest BCUT2D eigenvalue weighted by molar-refractivity contribution is 7.89. The molecule has 1 aromatic carbocycles. The average Bonchev–Trinajstić information content (AvgIpc) is 2.38. The maximum absolute atomic E-state index is 11.9. The van der Waals surface area contributed by atoms with E-state index >= 15 is 0 Å². The largest absolute Gasteiger partial charge is 0.502 e. The number of hydrogen-bond donors (Lipinski definition) is 3. The van der Waals surface area contributed by atoms with Crippen molar-refractivity contribution in [1.82, 2.24) is 4.72 Å². The molecule has 112 valence electrons. The van der Waals surface area contributed by atoms with E-state index in [2.05, 4.69) is 4.72 Å². The average molecular weight is 304 g/mol. The van der Waals surface area contributed by atoms with Gasteiger partial charge in [-0.25, -0.2) is 13.1 Å². The van der Waals surface area contributed by atoms with Crippen LogP contribution in [0.4, 0.5) is 5.69 Å². The van der Waals surface area contributed by atoms with Crippen LogP contribution in [-0.4, -0.2) is 36.7 Å². The standard InChI is InChI=1S/C11H16N2O6S/c14-7-3-1-2-6-12-20(18,19)9-4-5-11(15)10(8-9)13(16)17/h4-5,8,12,14-15H,1-3,6-7H2. The van der Waals surface area contributed by atoms with Gasteiger partial charge in [-0.05, 0) is 31.4 Å². The topological polar surface area (TPSA) is 130 Å². The smallest absolute Gasteiger partial charge is 0.312 e. The number of sulfonamides is 1. The Bertz CT molecular complexity index is 572. The Labute approximate surface area is 116 Å². The van der Waals surface area contributed by atoms with Crippen LogP contribution in [-0.2, 0) is 10.0 Å². The first-order chi connectivity index (χ1) is 9.38. The summed E-state index contributed by atoms with van der Waals surface area (Å²) in [4.78, 5) is 9.51. The summed E-state index contributed by atoms with van der Waals surface area (Å²) in [5.74, 6) is -0.586. The zero-order chi connectivity index (χ0) is 15.2. The maximum Gasteiger partial charge on any atom is 0.312 e. The van der Waals surface area contributed by atoms with Gasteiger partial charge in [0.2, 0.25) is 10.0 Å². The summed E-state index contributed by atoms with van der Waals surface area (Å²) in [6, 6.07) is 2.88. The molecule has 8 nitrogen and oxygen atoms in total. The number of phenols is 1. The number of aliphatic hydroxyl groups is 1. The summed E-state index contributed by atoms with van der Waals surface area (Å²) >= 11 is 0. The van der Waals surface area contributed by atoms with E-state index in [1.165, 1.54) is 0 Å². The Morgan fingerprint density at radius 1 is 1.25 bits per heavy atom. The number of hydrogen-bond acceptors (Lipinski definition) is 6. The highest BCUT2D eigenvalue weighted by Gasteiger charge is 2.20. The zero-order valence-electron chi connectivity index (χ0n) is 10.7. The minimum absolute atomic E-state index is 0.0525. The molecular formula is C11H16N2O6S. The van der Waals surface area contributed by atoms with Gasteiger partial charge in [0.25, 0.3) is 0 Å². The number of rotatable bonds is 8. The highest BCUT2D eigenvalue weighted by atomic mass is 32.2. The monoisotopic (exact) mass is 304 g/mol. The quantitative estimate of drug-likeness (QED) is 0.369. The van der Waals surface area contributed by atoms with Gasteiger partial charge in [0.1, 0.15) is 0 Å². The molecule has 0 heterocycles. The minimum Gasteiger partial charge on any atom is -0.502 e. The molecule has 0 radical (unpaired) electrons. The molecule has 1 rings (SSSR count). The zero-order valence-corrected chi connectivity index (χ0v) is 11.5. The number of nitrogens with one attached hydrogen (secondary N) is 1. The van der Waals surface area contributed by atoms with Crippen molar-refractivity contribution in [3.8, 4) is 5.75 Å². The SMILES string of the molecule is O=[N+]([O-])c1cc(S(=O)(=O)NCCCCCO)ccc1O. The van der Waals surface area contributed by atoms with E-state index in [9.17, 15) is 23.6 Å². The number of aromatic hydroxyl groups is 1. The predicted octanol–water partition coefficient (Wildman–Crippen LogP) is 0.741. The van der Waals surface area contributed by atoms with Crippen LogP contribution in [0.2, 0.25) is 0 Å². The second-order valence-electron chi connectivity index (χ2n) is 4.09. The lowest BCUT2D eigenvalue weighted by atomic mass is 10.2. The number of nitrogens with zero attached hydrogens (tertiary/aromatic N) is 1. The fourth-order valence-electron chi connectivity index (χ4n) is 1.52. The lowest BCUT2D eigenvalue weighted by Gasteiger charge is -2.07. The van der Waals surface area contributed by atoms with Crippen molar-refractivity contribution in [2.24, 2.45) is 0 Å². The molecule has 0 fully saturated rings. The van der Waals surface area contributed by atoms with Gasteiger partial charge in [-0.1, -0.05) is 0 Å². The van der Waals surface area contributed by atoms with Gasteiger partial charge in [-0.2, -0.15) is 0 Å². The summed E-state index contributed by atoms with van der Waals surface area (Å²) in [6.07, 6.45) is 1.82. The summed E-state index contributed by atoms with van der Waals surface area (Å²) in [5.41, 5.74) is -0.659. The van der Waals surface area contributed by atoms with Crippen LogP contribution < -0.4 is 4.72 Å². The van der Waals surface area contributed by atoms with E-state index in [1.54, 1.807) is 0 Å². The molecule has 0 saturated carbocycles. The Hall–Kier alpha value is -1.71. The fraction of sp³-hybridized carbons (Fsp3) is 0.455. The maximum atomic E-state index is 11.9. The Morgan fingerprint density at radius 3 is 2.55 bits per heavy atom. The lowest BCUT2D eigenvalue weighted by Crippen LogP contribution is -2.24. The second-order valence-corrected chi connectivity index (χ2v) is 5.86. The van der Waals surface area contributed by atoms with Gasteiger partial charge in [-0.3, -0.25) is 10.1 Å². The molecular weight excluding hydrogens is 288 g/mol. The van der Waals surface area contributed by atoms with Gasteiger partial charge in [0, 0.05) is 19.2 Å². The normalized spacial score (nSPS) is 11.4. The number of aliphatic hydroxyl groups excluding tert-OH is 1. The third-order valence-electron chi connectivity index (χ3n) is 2.58. The summed E-state index contributed by atoms with van der Waals surface area (Å²) in [7, 11) is -3.85. The first-order valence-electron chi connectivity index (χ1n) is 5.96. The summed E-state index contributed by atoms with van der Waals surface area (Å²) in [5, 5.41) is 28.5. The molecule has 3 N–H and O–H groups in total. The molecule has 0 saturated heterocycles. The van der Waals surface area contributed by atoms with Crippen LogP contribution in [0, 0.1) is 10.1 Å². The van der Waals surface area contributed by atoms with E-state index in [1.807, 2.05) is 0 Å². The third-order valence-corrected chi connectivity index (χ3v) is 4.04. The van der Waals surface area contributed by atoms with Crippen molar-refractivity contribution < 1.29 is 23.6 Å². The number of nitro groups is 1. The van der Waals surface area contributed by atoms with Crippen molar-refractivity contribution in [2.75, 3.05) is 13.2 Å². The lowest BCUT2D eigenvalue weighted by molar-refractivity contribution is -0.386. The Balaban J connectivity index is 2.77. The first kappa shape index (κ1) is 16.3. The molecule has 0 aliphatic carbocycles. The van der Waals surface area contributed by atoms with Crippen molar-refractivity contribution in [1.29, 1.82) is 0 Å². The molecule has 0 unspecified atom stereocenters. The third kappa shape index (κ3) is 4.44. The second kappa shape index (κ2) is 7.17. The van der Waals surface area contributed by atoms with E-state index < -0.39 is 26.4 Å². The summed E-state index contributed by atoms with van der Waals surface area (Å²) < 4.78 is 26.1. The number of unbranched alkanes of at least 4 members (excludes halogenated alkanes) is 2. The molecule has 0 aliphatic heterocycles. The van der Waals surface area contributed by atoms with Crippen molar-refractivity contribution in [3.63, 3.8) is 0 Å². The van der Waals surface area contributed by atoms with E-state index in [4.69, 9.17) is 5.11 Å². The highest BCUT2D eigenvalue weighted by Crippen LogP contribution is 2.28. The molecule has 0 atom stereocenters. The number of benzene rings is 1. The number of nitro benzene ring substituents is 1. The van der Waals surface area contributed by atoms with E-state index in [-0.39, 0.29) is 18.0 Å². The Kier molecular flexibility index (Phi) is 5.86. The molecule has 0 spiro atoms. The van der Waals surface area contributed by atoms with Crippen molar-refractivity contribution in [3.05, 3.63) is 28.3 Å². The molecule has 0 amide bonds. The van der Waals surface area contributed by atoms with E-state index in [0.29, 0.717) is 19.3 Å². The predicted molar refractivity (Wildman–Crippen MR) is 70.9 cm³/mol. The molecule has 0 aliphatic rings. The first-order valence-corrected chi connectivity index (χ1v) is 7.44. The van der Waals surface area contributed by atoms with Crippen molar-refractivity contribution in [2.45, 2.75) is 24.2 Å². The van der Waals surface area contributed by atoms with Gasteiger partial charge in [-0.15, -0.1) is 0 Å². The van der Waals surface area contributed by atoms with Crippen molar-refractivity contribution >= 4 is 15.7 Å². The van der Waals surface area contributed by atoms with Crippen LogP contribution in [0.25, 0.3) is 0 Å². The van der Waals surface area contributed by atoms with Gasteiger partial charge in [0.05, 0.1) is 9.82 Å². The van der Waals surface area contributed by atoms with Crippen LogP contribution in [0.1, 0.15) is 19.3 Å². The molecule has 9 heteroatoms. The van der Waals surface area contributed by atoms with Gasteiger partial charge in [0.15, 0.2) is 5.75 Å². The fourth-order valence-corrected chi connectivity index (χ4v) is 2.61. The minimum atomic E-state index is -3.85. The van der Waals surface area contributed by atoms with Crippen LogP contribution in [0.3, 0.4) is 0 Å². The molecule has 0 bridgehead atoms. The summed E-state index contributed by atoms with van der Waals surface area (Å²) in [6.45, 7) is 0.230.